The maximum Gasteiger partial charge on any atom is 0.356 e. The summed E-state index contributed by atoms with van der Waals surface area (Å²) < 4.78 is 1.48. The number of hydrogen-bond acceptors (Lipinski definition) is 4. The predicted molar refractivity (Wildman–Crippen MR) is 77.5 cm³/mol. The molecule has 108 valence electrons. The van der Waals surface area contributed by atoms with Gasteiger partial charge in [0.1, 0.15) is 5.01 Å². The van der Waals surface area contributed by atoms with Crippen molar-refractivity contribution in [2.75, 3.05) is 0 Å². The molecule has 0 saturated heterocycles. The van der Waals surface area contributed by atoms with E-state index in [1.165, 1.54) is 48.0 Å². The van der Waals surface area contributed by atoms with Crippen LogP contribution in [-0.2, 0) is 6.42 Å². The van der Waals surface area contributed by atoms with Crippen molar-refractivity contribution >= 4 is 22.3 Å². The van der Waals surface area contributed by atoms with Crippen molar-refractivity contribution in [2.45, 2.75) is 51.9 Å². The average molecular weight is 293 g/mol. The zero-order valence-electron chi connectivity index (χ0n) is 11.6. The summed E-state index contributed by atoms with van der Waals surface area (Å²) >= 11 is 1.52. The third-order valence-electron chi connectivity index (χ3n) is 4.11. The number of carboxylic acid groups (broad SMARTS) is 1. The van der Waals surface area contributed by atoms with Gasteiger partial charge in [-0.1, -0.05) is 43.4 Å². The number of aromatic nitrogens is 3. The molecule has 0 aliphatic heterocycles. The molecule has 5 nitrogen and oxygen atoms in total. The van der Waals surface area contributed by atoms with Crippen LogP contribution in [0.4, 0.5) is 0 Å². The van der Waals surface area contributed by atoms with Crippen molar-refractivity contribution < 1.29 is 9.90 Å². The second-order valence-electron chi connectivity index (χ2n) is 5.58. The van der Waals surface area contributed by atoms with E-state index >= 15 is 0 Å². The van der Waals surface area contributed by atoms with Crippen LogP contribution in [0.15, 0.2) is 0 Å². The van der Waals surface area contributed by atoms with Gasteiger partial charge in [0, 0.05) is 6.42 Å². The van der Waals surface area contributed by atoms with Crippen molar-refractivity contribution in [3.05, 3.63) is 16.4 Å². The minimum Gasteiger partial charge on any atom is -0.476 e. The van der Waals surface area contributed by atoms with Gasteiger partial charge in [-0.05, 0) is 19.3 Å². The summed E-state index contributed by atoms with van der Waals surface area (Å²) in [5.41, 5.74) is 0.732. The van der Waals surface area contributed by atoms with E-state index in [0.29, 0.717) is 10.7 Å². The van der Waals surface area contributed by atoms with E-state index in [9.17, 15) is 9.90 Å². The van der Waals surface area contributed by atoms with E-state index in [4.69, 9.17) is 0 Å². The van der Waals surface area contributed by atoms with Gasteiger partial charge in [0.2, 0.25) is 4.96 Å². The van der Waals surface area contributed by atoms with Crippen molar-refractivity contribution in [1.82, 2.24) is 14.6 Å². The maximum atomic E-state index is 11.2. The summed E-state index contributed by atoms with van der Waals surface area (Å²) in [6.07, 6.45) is 8.87. The monoisotopic (exact) mass is 293 g/mol. The van der Waals surface area contributed by atoms with E-state index in [-0.39, 0.29) is 5.69 Å². The van der Waals surface area contributed by atoms with Crippen LogP contribution in [0.1, 0.15) is 59.7 Å². The standard InChI is InChI=1S/C14H19N3O2S/c1-9-12(13(18)19)17-14(15-9)20-11(16-17)8-7-10-5-3-2-4-6-10/h10H,2-8H2,1H3,(H,18,19). The molecule has 2 aromatic rings. The molecule has 6 heteroatoms. The number of carbonyl (C=O) groups is 1. The number of imidazole rings is 1. The first-order valence-electron chi connectivity index (χ1n) is 7.23. The molecule has 3 rings (SSSR count). The van der Waals surface area contributed by atoms with Gasteiger partial charge < -0.3 is 5.11 Å². The van der Waals surface area contributed by atoms with E-state index in [2.05, 4.69) is 10.1 Å². The fraction of sp³-hybridized carbons (Fsp3) is 0.643. The average Bonchev–Trinajstić information content (AvgIpc) is 2.93. The molecule has 1 aliphatic carbocycles. The van der Waals surface area contributed by atoms with Gasteiger partial charge in [0.25, 0.3) is 0 Å². The first-order valence-corrected chi connectivity index (χ1v) is 8.05. The predicted octanol–water partition coefficient (Wildman–Crippen LogP) is 3.31. The lowest BCUT2D eigenvalue weighted by atomic mass is 9.86. The first kappa shape index (κ1) is 13.5. The van der Waals surface area contributed by atoms with Gasteiger partial charge >= 0.3 is 5.97 Å². The smallest absolute Gasteiger partial charge is 0.356 e. The molecule has 0 amide bonds. The quantitative estimate of drug-likeness (QED) is 0.939. The molecule has 1 fully saturated rings. The fourth-order valence-electron chi connectivity index (χ4n) is 3.04. The zero-order chi connectivity index (χ0) is 14.1. The van der Waals surface area contributed by atoms with Crippen LogP contribution in [0.2, 0.25) is 0 Å². The van der Waals surface area contributed by atoms with Crippen LogP contribution in [-0.4, -0.2) is 25.7 Å². The Morgan fingerprint density at radius 2 is 2.15 bits per heavy atom. The molecule has 1 N–H and O–H groups in total. The number of aromatic carboxylic acids is 1. The number of hydrogen-bond donors (Lipinski definition) is 1. The van der Waals surface area contributed by atoms with Crippen molar-refractivity contribution in [1.29, 1.82) is 0 Å². The number of aryl methyl sites for hydroxylation is 2. The lowest BCUT2D eigenvalue weighted by Gasteiger charge is -2.20. The summed E-state index contributed by atoms with van der Waals surface area (Å²) in [6, 6.07) is 0. The van der Waals surface area contributed by atoms with Crippen LogP contribution >= 0.6 is 11.3 Å². The van der Waals surface area contributed by atoms with E-state index < -0.39 is 5.97 Å². The molecule has 0 spiro atoms. The van der Waals surface area contributed by atoms with Gasteiger partial charge in [-0.3, -0.25) is 0 Å². The Morgan fingerprint density at radius 1 is 1.40 bits per heavy atom. The first-order chi connectivity index (χ1) is 9.65. The Kier molecular flexibility index (Phi) is 3.74. The third kappa shape index (κ3) is 2.57. The summed E-state index contributed by atoms with van der Waals surface area (Å²) in [6.45, 7) is 1.71. The molecule has 2 aromatic heterocycles. The number of nitrogens with zero attached hydrogens (tertiary/aromatic N) is 3. The molecular weight excluding hydrogens is 274 g/mol. The molecule has 0 atom stereocenters. The Hall–Kier alpha value is -1.43. The SMILES string of the molecule is Cc1nc2sc(CCC3CCCCC3)nn2c1C(=O)O. The Labute approximate surface area is 121 Å². The molecule has 0 aromatic carbocycles. The topological polar surface area (TPSA) is 67.5 Å². The van der Waals surface area contributed by atoms with Gasteiger partial charge in [0.15, 0.2) is 5.69 Å². The van der Waals surface area contributed by atoms with Gasteiger partial charge in [-0.15, -0.1) is 0 Å². The van der Waals surface area contributed by atoms with E-state index in [0.717, 1.165) is 23.8 Å². The fourth-order valence-corrected chi connectivity index (χ4v) is 3.99. The van der Waals surface area contributed by atoms with Crippen LogP contribution in [0.25, 0.3) is 4.96 Å². The van der Waals surface area contributed by atoms with Crippen molar-refractivity contribution in [3.8, 4) is 0 Å². The Balaban J connectivity index is 1.74. The maximum absolute atomic E-state index is 11.2. The molecule has 20 heavy (non-hydrogen) atoms. The molecule has 1 saturated carbocycles. The van der Waals surface area contributed by atoms with Gasteiger partial charge in [-0.25, -0.2) is 9.78 Å². The highest BCUT2D eigenvalue weighted by Crippen LogP contribution is 2.28. The van der Waals surface area contributed by atoms with Gasteiger partial charge in [0.05, 0.1) is 5.69 Å². The highest BCUT2D eigenvalue weighted by molar-refractivity contribution is 7.16. The Bertz CT molecular complexity index is 626. The minimum atomic E-state index is -0.959. The lowest BCUT2D eigenvalue weighted by molar-refractivity contribution is 0.0687. The highest BCUT2D eigenvalue weighted by atomic mass is 32.1. The molecule has 2 heterocycles. The second-order valence-corrected chi connectivity index (χ2v) is 6.62. The lowest BCUT2D eigenvalue weighted by Crippen LogP contribution is -2.08. The van der Waals surface area contributed by atoms with Crippen LogP contribution in [0, 0.1) is 12.8 Å². The van der Waals surface area contributed by atoms with E-state index in [1.807, 2.05) is 0 Å². The van der Waals surface area contributed by atoms with Gasteiger partial charge in [-0.2, -0.15) is 9.61 Å². The summed E-state index contributed by atoms with van der Waals surface area (Å²) in [5.74, 6) is -0.139. The molecular formula is C14H19N3O2S. The number of carboxylic acids is 1. The summed E-state index contributed by atoms with van der Waals surface area (Å²) in [7, 11) is 0. The minimum absolute atomic E-state index is 0.195. The summed E-state index contributed by atoms with van der Waals surface area (Å²) in [4.78, 5) is 16.2. The molecule has 0 unspecified atom stereocenters. The zero-order valence-corrected chi connectivity index (χ0v) is 12.4. The van der Waals surface area contributed by atoms with Crippen molar-refractivity contribution in [2.24, 2.45) is 5.92 Å². The van der Waals surface area contributed by atoms with Crippen LogP contribution in [0.5, 0.6) is 0 Å². The molecule has 1 aliphatic rings. The molecule has 0 radical (unpaired) electrons. The number of rotatable bonds is 4. The second kappa shape index (κ2) is 5.52. The normalized spacial score (nSPS) is 16.9. The van der Waals surface area contributed by atoms with Crippen molar-refractivity contribution in [3.63, 3.8) is 0 Å². The van der Waals surface area contributed by atoms with Crippen LogP contribution in [0.3, 0.4) is 0 Å². The van der Waals surface area contributed by atoms with E-state index in [1.54, 1.807) is 6.92 Å². The summed E-state index contributed by atoms with van der Waals surface area (Å²) in [5, 5.41) is 14.6. The highest BCUT2D eigenvalue weighted by Gasteiger charge is 2.20. The third-order valence-corrected chi connectivity index (χ3v) is 5.08. The molecule has 0 bridgehead atoms. The largest absolute Gasteiger partial charge is 0.476 e. The van der Waals surface area contributed by atoms with Crippen LogP contribution < -0.4 is 0 Å². The Morgan fingerprint density at radius 3 is 2.85 bits per heavy atom. The number of fused-ring (bicyclic) bond motifs is 1.